The lowest BCUT2D eigenvalue weighted by atomic mass is 10.1. The van der Waals surface area contributed by atoms with Crippen LogP contribution in [0.1, 0.15) is 12.0 Å². The van der Waals surface area contributed by atoms with Gasteiger partial charge >= 0.3 is 12.2 Å². The summed E-state index contributed by atoms with van der Waals surface area (Å²) < 4.78 is 66.8. The van der Waals surface area contributed by atoms with Crippen molar-refractivity contribution in [3.05, 3.63) is 89.4 Å². The molecular formula is C23H21ClF3N3O3S. The molecule has 0 heterocycles. The summed E-state index contributed by atoms with van der Waals surface area (Å²) in [5.41, 5.74) is -0.533. The van der Waals surface area contributed by atoms with E-state index in [-0.39, 0.29) is 30.1 Å². The van der Waals surface area contributed by atoms with Crippen LogP contribution in [0.2, 0.25) is 5.02 Å². The minimum Gasteiger partial charge on any atom is -0.307 e. The molecule has 3 aromatic carbocycles. The second-order valence-corrected chi connectivity index (χ2v) is 9.41. The second-order valence-electron chi connectivity index (χ2n) is 7.20. The summed E-state index contributed by atoms with van der Waals surface area (Å²) in [6, 6.07) is 17.7. The van der Waals surface area contributed by atoms with Crippen molar-refractivity contribution in [1.29, 1.82) is 0 Å². The van der Waals surface area contributed by atoms with Crippen LogP contribution in [0.25, 0.3) is 0 Å². The van der Waals surface area contributed by atoms with E-state index < -0.39 is 27.8 Å². The Morgan fingerprint density at radius 1 is 0.941 bits per heavy atom. The van der Waals surface area contributed by atoms with Crippen molar-refractivity contribution in [2.45, 2.75) is 17.5 Å². The SMILES string of the molecule is O=C(Nc1cccc(Cl)c1)N(CCCNS(=O)(=O)c1ccccc1)c1cccc(C(F)(F)F)c1. The molecule has 0 saturated heterocycles. The smallest absolute Gasteiger partial charge is 0.307 e. The van der Waals surface area contributed by atoms with Crippen molar-refractivity contribution < 1.29 is 26.4 Å². The van der Waals surface area contributed by atoms with Gasteiger partial charge in [-0.3, -0.25) is 4.90 Å². The van der Waals surface area contributed by atoms with Crippen LogP contribution >= 0.6 is 11.6 Å². The third-order valence-electron chi connectivity index (χ3n) is 4.71. The van der Waals surface area contributed by atoms with E-state index in [0.29, 0.717) is 10.7 Å². The van der Waals surface area contributed by atoms with Crippen LogP contribution < -0.4 is 14.9 Å². The van der Waals surface area contributed by atoms with Crippen LogP contribution in [-0.2, 0) is 16.2 Å². The van der Waals surface area contributed by atoms with Crippen molar-refractivity contribution in [3.63, 3.8) is 0 Å². The number of carbonyl (C=O) groups is 1. The maximum atomic E-state index is 13.2. The highest BCUT2D eigenvalue weighted by Gasteiger charge is 2.31. The van der Waals surface area contributed by atoms with E-state index in [0.717, 1.165) is 17.0 Å². The Labute approximate surface area is 200 Å². The molecular weight excluding hydrogens is 491 g/mol. The topological polar surface area (TPSA) is 78.5 Å². The lowest BCUT2D eigenvalue weighted by Crippen LogP contribution is -2.37. The highest BCUT2D eigenvalue weighted by atomic mass is 35.5. The van der Waals surface area contributed by atoms with Gasteiger partial charge in [-0.15, -0.1) is 0 Å². The second kappa shape index (κ2) is 10.9. The summed E-state index contributed by atoms with van der Waals surface area (Å²) in [5.74, 6) is 0. The molecule has 6 nitrogen and oxygen atoms in total. The molecule has 180 valence electrons. The predicted octanol–water partition coefficient (Wildman–Crippen LogP) is 5.77. The van der Waals surface area contributed by atoms with Gasteiger partial charge in [0.15, 0.2) is 0 Å². The van der Waals surface area contributed by atoms with Gasteiger partial charge in [-0.05, 0) is 55.0 Å². The van der Waals surface area contributed by atoms with E-state index in [1.165, 1.54) is 30.3 Å². The van der Waals surface area contributed by atoms with Gasteiger partial charge in [-0.25, -0.2) is 17.9 Å². The minimum absolute atomic E-state index is 0.0141. The lowest BCUT2D eigenvalue weighted by Gasteiger charge is -2.24. The average Bonchev–Trinajstić information content (AvgIpc) is 2.79. The summed E-state index contributed by atoms with van der Waals surface area (Å²) in [4.78, 5) is 14.2. The molecule has 2 amide bonds. The number of anilines is 2. The van der Waals surface area contributed by atoms with Crippen LogP contribution in [0, 0.1) is 0 Å². The number of nitrogens with zero attached hydrogens (tertiary/aromatic N) is 1. The zero-order valence-electron chi connectivity index (χ0n) is 17.7. The van der Waals surface area contributed by atoms with E-state index in [9.17, 15) is 26.4 Å². The number of rotatable bonds is 8. The van der Waals surface area contributed by atoms with Gasteiger partial charge in [0, 0.05) is 29.5 Å². The Bertz CT molecular complexity index is 1240. The maximum Gasteiger partial charge on any atom is 0.416 e. The molecule has 3 rings (SSSR count). The van der Waals surface area contributed by atoms with Crippen molar-refractivity contribution in [1.82, 2.24) is 4.72 Å². The Morgan fingerprint density at radius 2 is 1.65 bits per heavy atom. The number of carbonyl (C=O) groups excluding carboxylic acids is 1. The molecule has 0 fully saturated rings. The van der Waals surface area contributed by atoms with E-state index in [1.54, 1.807) is 36.4 Å². The Kier molecular flexibility index (Phi) is 8.19. The number of hydrogen-bond acceptors (Lipinski definition) is 3. The molecule has 0 saturated carbocycles. The van der Waals surface area contributed by atoms with E-state index in [2.05, 4.69) is 10.0 Å². The van der Waals surface area contributed by atoms with Crippen LogP contribution in [0.15, 0.2) is 83.8 Å². The molecule has 34 heavy (non-hydrogen) atoms. The molecule has 0 atom stereocenters. The van der Waals surface area contributed by atoms with Gasteiger partial charge in [-0.2, -0.15) is 13.2 Å². The van der Waals surface area contributed by atoms with E-state index in [1.807, 2.05) is 0 Å². The van der Waals surface area contributed by atoms with Crippen LogP contribution in [0.3, 0.4) is 0 Å². The molecule has 3 aromatic rings. The number of halogens is 4. The first-order valence-electron chi connectivity index (χ1n) is 10.1. The highest BCUT2D eigenvalue weighted by Crippen LogP contribution is 2.32. The number of alkyl halides is 3. The van der Waals surface area contributed by atoms with E-state index in [4.69, 9.17) is 11.6 Å². The van der Waals surface area contributed by atoms with Gasteiger partial charge in [0.2, 0.25) is 10.0 Å². The minimum atomic E-state index is -4.59. The molecule has 0 radical (unpaired) electrons. The fraction of sp³-hybridized carbons (Fsp3) is 0.174. The number of nitrogens with one attached hydrogen (secondary N) is 2. The Balaban J connectivity index is 1.76. The summed E-state index contributed by atoms with van der Waals surface area (Å²) in [5, 5.41) is 2.98. The van der Waals surface area contributed by atoms with Crippen LogP contribution in [-0.4, -0.2) is 27.5 Å². The summed E-state index contributed by atoms with van der Waals surface area (Å²) in [6.45, 7) is -0.0812. The first kappa shape index (κ1) is 25.5. The molecule has 11 heteroatoms. The number of sulfonamides is 1. The largest absolute Gasteiger partial charge is 0.416 e. The summed E-state index contributed by atoms with van der Waals surface area (Å²) >= 11 is 5.94. The van der Waals surface area contributed by atoms with Crippen LogP contribution in [0.5, 0.6) is 0 Å². The van der Waals surface area contributed by atoms with Crippen molar-refractivity contribution in [3.8, 4) is 0 Å². The molecule has 2 N–H and O–H groups in total. The Hall–Kier alpha value is -3.08. The van der Waals surface area contributed by atoms with Gasteiger partial charge in [0.05, 0.1) is 10.5 Å². The highest BCUT2D eigenvalue weighted by molar-refractivity contribution is 7.89. The monoisotopic (exact) mass is 511 g/mol. The number of urea groups is 1. The van der Waals surface area contributed by atoms with Gasteiger partial charge < -0.3 is 5.32 Å². The van der Waals surface area contributed by atoms with Crippen LogP contribution in [0.4, 0.5) is 29.3 Å². The molecule has 0 unspecified atom stereocenters. The third-order valence-corrected chi connectivity index (χ3v) is 6.42. The molecule has 0 aromatic heterocycles. The van der Waals surface area contributed by atoms with E-state index >= 15 is 0 Å². The van der Waals surface area contributed by atoms with Gasteiger partial charge in [0.25, 0.3) is 0 Å². The van der Waals surface area contributed by atoms with Gasteiger partial charge in [0.1, 0.15) is 0 Å². The fourth-order valence-corrected chi connectivity index (χ4v) is 4.37. The van der Waals surface area contributed by atoms with Crippen molar-refractivity contribution in [2.24, 2.45) is 0 Å². The van der Waals surface area contributed by atoms with Crippen molar-refractivity contribution >= 4 is 39.0 Å². The number of hydrogen-bond donors (Lipinski definition) is 2. The first-order chi connectivity index (χ1) is 16.1. The number of amides is 2. The fourth-order valence-electron chi connectivity index (χ4n) is 3.08. The zero-order valence-corrected chi connectivity index (χ0v) is 19.3. The number of benzene rings is 3. The molecule has 0 aliphatic heterocycles. The molecule has 0 aliphatic rings. The lowest BCUT2D eigenvalue weighted by molar-refractivity contribution is -0.137. The third kappa shape index (κ3) is 6.96. The summed E-state index contributed by atoms with van der Waals surface area (Å²) in [7, 11) is -3.75. The average molecular weight is 512 g/mol. The maximum absolute atomic E-state index is 13.2. The summed E-state index contributed by atoms with van der Waals surface area (Å²) in [6.07, 6.45) is -4.44. The normalized spacial score (nSPS) is 11.8. The molecule has 0 aliphatic carbocycles. The Morgan fingerprint density at radius 3 is 2.32 bits per heavy atom. The molecule has 0 spiro atoms. The van der Waals surface area contributed by atoms with Crippen molar-refractivity contribution in [2.75, 3.05) is 23.3 Å². The zero-order chi connectivity index (χ0) is 24.8. The molecule has 0 bridgehead atoms. The predicted molar refractivity (Wildman–Crippen MR) is 126 cm³/mol. The van der Waals surface area contributed by atoms with Gasteiger partial charge in [-0.1, -0.05) is 41.9 Å². The quantitative estimate of drug-likeness (QED) is 0.377. The first-order valence-corrected chi connectivity index (χ1v) is 12.0. The standard InChI is InChI=1S/C23H21ClF3N3O3S/c24-18-8-5-9-19(16-18)29-22(31)30(20-10-4-7-17(15-20)23(25,26)27)14-6-13-28-34(32,33)21-11-2-1-3-12-21/h1-5,7-12,15-16,28H,6,13-14H2,(H,29,31).